The lowest BCUT2D eigenvalue weighted by Crippen LogP contribution is -2.39. The molecule has 0 aliphatic carbocycles. The maximum atomic E-state index is 6.02. The van der Waals surface area contributed by atoms with Gasteiger partial charge in [0.1, 0.15) is 6.61 Å². The fourth-order valence-corrected chi connectivity index (χ4v) is 3.16. The average Bonchev–Trinajstić information content (AvgIpc) is 3.17. The molecular formula is C19H21N5O2. The topological polar surface area (TPSA) is 77.2 Å². The summed E-state index contributed by atoms with van der Waals surface area (Å²) in [5.41, 5.74) is 2.11. The van der Waals surface area contributed by atoms with Gasteiger partial charge in [0, 0.05) is 43.4 Å². The van der Waals surface area contributed by atoms with E-state index >= 15 is 0 Å². The highest BCUT2D eigenvalue weighted by Gasteiger charge is 2.21. The summed E-state index contributed by atoms with van der Waals surface area (Å²) < 4.78 is 11.3. The van der Waals surface area contributed by atoms with Gasteiger partial charge in [-0.1, -0.05) is 11.2 Å². The molecule has 4 rings (SSSR count). The summed E-state index contributed by atoms with van der Waals surface area (Å²) in [5.74, 6) is 1.06. The van der Waals surface area contributed by atoms with Crippen molar-refractivity contribution in [2.24, 2.45) is 0 Å². The third kappa shape index (κ3) is 4.30. The van der Waals surface area contributed by atoms with Crippen LogP contribution in [0.5, 0.6) is 0 Å². The first-order valence-electron chi connectivity index (χ1n) is 8.83. The number of hydrogen-bond acceptors (Lipinski definition) is 7. The summed E-state index contributed by atoms with van der Waals surface area (Å²) in [6, 6.07) is 7.79. The van der Waals surface area contributed by atoms with E-state index in [1.165, 1.54) is 5.56 Å². The Morgan fingerprint density at radius 3 is 2.92 bits per heavy atom. The maximum Gasteiger partial charge on any atom is 0.252 e. The molecule has 0 bridgehead atoms. The van der Waals surface area contributed by atoms with Gasteiger partial charge in [-0.25, -0.2) is 0 Å². The minimum atomic E-state index is 0.177. The molecule has 134 valence electrons. The molecule has 0 aromatic carbocycles. The van der Waals surface area contributed by atoms with Gasteiger partial charge in [-0.3, -0.25) is 14.9 Å². The first kappa shape index (κ1) is 16.8. The second-order valence-corrected chi connectivity index (χ2v) is 6.42. The van der Waals surface area contributed by atoms with E-state index in [9.17, 15) is 0 Å². The Morgan fingerprint density at radius 2 is 2.08 bits per heavy atom. The summed E-state index contributed by atoms with van der Waals surface area (Å²) in [6.45, 7) is 3.23. The third-order valence-electron chi connectivity index (χ3n) is 4.44. The summed E-state index contributed by atoms with van der Waals surface area (Å²) in [6.07, 6.45) is 9.49. The van der Waals surface area contributed by atoms with E-state index in [-0.39, 0.29) is 6.10 Å². The Kier molecular flexibility index (Phi) is 5.27. The fourth-order valence-electron chi connectivity index (χ4n) is 3.16. The van der Waals surface area contributed by atoms with Crippen molar-refractivity contribution >= 4 is 0 Å². The molecule has 26 heavy (non-hydrogen) atoms. The molecule has 7 nitrogen and oxygen atoms in total. The number of ether oxygens (including phenoxy) is 1. The molecule has 1 aliphatic heterocycles. The van der Waals surface area contributed by atoms with E-state index < -0.39 is 0 Å². The predicted molar refractivity (Wildman–Crippen MR) is 94.9 cm³/mol. The van der Waals surface area contributed by atoms with Crippen LogP contribution in [0.15, 0.2) is 53.6 Å². The smallest absolute Gasteiger partial charge is 0.252 e. The zero-order valence-corrected chi connectivity index (χ0v) is 14.5. The number of pyridine rings is 2. The molecule has 0 radical (unpaired) electrons. The Labute approximate surface area is 152 Å². The van der Waals surface area contributed by atoms with E-state index in [2.05, 4.69) is 31.1 Å². The van der Waals surface area contributed by atoms with Gasteiger partial charge in [0.25, 0.3) is 5.89 Å². The van der Waals surface area contributed by atoms with Gasteiger partial charge in [0.15, 0.2) is 0 Å². The van der Waals surface area contributed by atoms with Crippen molar-refractivity contribution in [3.8, 4) is 11.4 Å². The summed E-state index contributed by atoms with van der Waals surface area (Å²) in [4.78, 5) is 15.0. The molecule has 0 unspecified atom stereocenters. The lowest BCUT2D eigenvalue weighted by atomic mass is 10.1. The number of piperidine rings is 1. The van der Waals surface area contributed by atoms with Crippen LogP contribution in [-0.4, -0.2) is 44.2 Å². The monoisotopic (exact) mass is 351 g/mol. The average molecular weight is 351 g/mol. The molecule has 0 amide bonds. The highest BCUT2D eigenvalue weighted by atomic mass is 16.5. The minimum Gasteiger partial charge on any atom is -0.367 e. The van der Waals surface area contributed by atoms with Crippen molar-refractivity contribution in [1.29, 1.82) is 0 Å². The standard InChI is InChI=1S/C19H21N5O2/c1-3-15(11-21-7-1)12-24-10-2-4-17(13-24)25-14-18-22-19(23-26-18)16-5-8-20-9-6-16/h1,3,5-9,11,17H,2,4,10,12-14H2/t17-/m0/s1. The number of likely N-dealkylation sites (tertiary alicyclic amines) is 1. The van der Waals surface area contributed by atoms with Gasteiger partial charge >= 0.3 is 0 Å². The van der Waals surface area contributed by atoms with Crippen LogP contribution in [0.3, 0.4) is 0 Å². The second kappa shape index (κ2) is 8.16. The summed E-state index contributed by atoms with van der Waals surface area (Å²) in [7, 11) is 0. The molecule has 0 saturated carbocycles. The molecule has 7 heteroatoms. The van der Waals surface area contributed by atoms with E-state index in [0.29, 0.717) is 18.3 Å². The quantitative estimate of drug-likeness (QED) is 0.676. The molecule has 0 N–H and O–H groups in total. The summed E-state index contributed by atoms with van der Waals surface area (Å²) >= 11 is 0. The number of hydrogen-bond donors (Lipinski definition) is 0. The van der Waals surface area contributed by atoms with Crippen LogP contribution in [-0.2, 0) is 17.9 Å². The Hall–Kier alpha value is -2.64. The van der Waals surface area contributed by atoms with Crippen LogP contribution >= 0.6 is 0 Å². The van der Waals surface area contributed by atoms with E-state index in [1.807, 2.05) is 24.4 Å². The van der Waals surface area contributed by atoms with Crippen LogP contribution in [0, 0.1) is 0 Å². The zero-order chi connectivity index (χ0) is 17.6. The van der Waals surface area contributed by atoms with E-state index in [1.54, 1.807) is 18.6 Å². The molecule has 1 atom stereocenters. The van der Waals surface area contributed by atoms with Crippen LogP contribution in [0.1, 0.15) is 24.3 Å². The maximum absolute atomic E-state index is 6.02. The summed E-state index contributed by atoms with van der Waals surface area (Å²) in [5, 5.41) is 4.01. The molecule has 1 fully saturated rings. The third-order valence-corrected chi connectivity index (χ3v) is 4.44. The fraction of sp³-hybridized carbons (Fsp3) is 0.368. The molecule has 0 spiro atoms. The predicted octanol–water partition coefficient (Wildman–Crippen LogP) is 2.71. The van der Waals surface area contributed by atoms with Crippen LogP contribution in [0.25, 0.3) is 11.4 Å². The Bertz CT molecular complexity index is 809. The second-order valence-electron chi connectivity index (χ2n) is 6.42. The molecular weight excluding hydrogens is 330 g/mol. The number of aromatic nitrogens is 4. The first-order valence-corrected chi connectivity index (χ1v) is 8.83. The number of rotatable bonds is 6. The Balaban J connectivity index is 1.30. The SMILES string of the molecule is c1cncc(CN2CCC[C@H](OCc3nc(-c4ccncc4)no3)C2)c1. The highest BCUT2D eigenvalue weighted by molar-refractivity contribution is 5.52. The van der Waals surface area contributed by atoms with Crippen molar-refractivity contribution < 1.29 is 9.26 Å². The van der Waals surface area contributed by atoms with Gasteiger partial charge in [-0.15, -0.1) is 0 Å². The van der Waals surface area contributed by atoms with Crippen LogP contribution in [0.2, 0.25) is 0 Å². The largest absolute Gasteiger partial charge is 0.367 e. The molecule has 1 aliphatic rings. The van der Waals surface area contributed by atoms with Gasteiger partial charge in [0.05, 0.1) is 6.10 Å². The molecule has 3 aromatic heterocycles. The minimum absolute atomic E-state index is 0.177. The van der Waals surface area contributed by atoms with Crippen molar-refractivity contribution in [3.05, 3.63) is 60.5 Å². The van der Waals surface area contributed by atoms with Gasteiger partial charge in [-0.05, 0) is 43.1 Å². The lowest BCUT2D eigenvalue weighted by Gasteiger charge is -2.32. The zero-order valence-electron chi connectivity index (χ0n) is 14.5. The van der Waals surface area contributed by atoms with Crippen molar-refractivity contribution in [1.82, 2.24) is 25.0 Å². The normalized spacial score (nSPS) is 18.1. The Morgan fingerprint density at radius 1 is 1.15 bits per heavy atom. The first-order chi connectivity index (χ1) is 12.9. The van der Waals surface area contributed by atoms with E-state index in [0.717, 1.165) is 38.0 Å². The van der Waals surface area contributed by atoms with Crippen molar-refractivity contribution in [3.63, 3.8) is 0 Å². The van der Waals surface area contributed by atoms with Gasteiger partial charge < -0.3 is 9.26 Å². The lowest BCUT2D eigenvalue weighted by molar-refractivity contribution is -0.0211. The van der Waals surface area contributed by atoms with Gasteiger partial charge in [0.2, 0.25) is 5.82 Å². The molecule has 4 heterocycles. The highest BCUT2D eigenvalue weighted by Crippen LogP contribution is 2.18. The molecule has 3 aromatic rings. The van der Waals surface area contributed by atoms with Crippen LogP contribution in [0.4, 0.5) is 0 Å². The van der Waals surface area contributed by atoms with Crippen molar-refractivity contribution in [2.45, 2.75) is 32.1 Å². The van der Waals surface area contributed by atoms with Crippen LogP contribution < -0.4 is 0 Å². The van der Waals surface area contributed by atoms with Crippen molar-refractivity contribution in [2.75, 3.05) is 13.1 Å². The number of nitrogens with zero attached hydrogens (tertiary/aromatic N) is 5. The van der Waals surface area contributed by atoms with E-state index in [4.69, 9.17) is 9.26 Å². The van der Waals surface area contributed by atoms with Gasteiger partial charge in [-0.2, -0.15) is 4.98 Å². The molecule has 1 saturated heterocycles.